The van der Waals surface area contributed by atoms with Gasteiger partial charge in [0.2, 0.25) is 0 Å². The highest BCUT2D eigenvalue weighted by atomic mass is 35.5. The molecule has 1 aromatic carbocycles. The average Bonchev–Trinajstić information content (AvgIpc) is 3.25. The van der Waals surface area contributed by atoms with Crippen LogP contribution >= 0.6 is 23.2 Å². The average molecular weight is 393 g/mol. The fourth-order valence-electron chi connectivity index (χ4n) is 2.10. The Bertz CT molecular complexity index is 946. The molecule has 134 valence electrons. The second kappa shape index (κ2) is 8.12. The van der Waals surface area contributed by atoms with E-state index < -0.39 is 0 Å². The molecule has 0 aliphatic heterocycles. The lowest BCUT2D eigenvalue weighted by atomic mass is 10.2. The lowest BCUT2D eigenvalue weighted by Crippen LogP contribution is -2.17. The monoisotopic (exact) mass is 392 g/mol. The number of ether oxygens (including phenoxy) is 1. The summed E-state index contributed by atoms with van der Waals surface area (Å²) in [4.78, 5) is 11.9. The zero-order valence-corrected chi connectivity index (χ0v) is 15.2. The van der Waals surface area contributed by atoms with Gasteiger partial charge in [0, 0.05) is 6.07 Å². The molecule has 0 saturated carbocycles. The third kappa shape index (κ3) is 4.47. The Morgan fingerprint density at radius 2 is 2.08 bits per heavy atom. The molecule has 6 nitrogen and oxygen atoms in total. The molecule has 0 bridgehead atoms. The zero-order chi connectivity index (χ0) is 18.5. The quantitative estimate of drug-likeness (QED) is 0.481. The number of halogens is 2. The third-order valence-corrected chi connectivity index (χ3v) is 4.15. The lowest BCUT2D eigenvalue weighted by Gasteiger charge is -2.05. The molecule has 0 fully saturated rings. The van der Waals surface area contributed by atoms with Crippen LogP contribution in [0.1, 0.15) is 27.6 Å². The van der Waals surface area contributed by atoms with E-state index in [-0.39, 0.29) is 12.5 Å². The molecule has 26 heavy (non-hydrogen) atoms. The van der Waals surface area contributed by atoms with E-state index in [9.17, 15) is 4.79 Å². The number of furan rings is 2. The summed E-state index contributed by atoms with van der Waals surface area (Å²) < 4.78 is 16.2. The van der Waals surface area contributed by atoms with Crippen LogP contribution in [0.25, 0.3) is 0 Å². The van der Waals surface area contributed by atoms with Crippen LogP contribution in [0, 0.1) is 6.92 Å². The summed E-state index contributed by atoms with van der Waals surface area (Å²) in [6.07, 6.45) is 2.84. The van der Waals surface area contributed by atoms with Crippen molar-refractivity contribution in [2.24, 2.45) is 5.10 Å². The van der Waals surface area contributed by atoms with Gasteiger partial charge in [0.05, 0.1) is 28.1 Å². The van der Waals surface area contributed by atoms with Crippen molar-refractivity contribution in [1.82, 2.24) is 5.43 Å². The van der Waals surface area contributed by atoms with Crippen molar-refractivity contribution >= 4 is 35.3 Å². The second-order valence-electron chi connectivity index (χ2n) is 5.26. The third-order valence-electron chi connectivity index (χ3n) is 3.42. The molecule has 8 heteroatoms. The fraction of sp³-hybridized carbons (Fsp3) is 0.111. The van der Waals surface area contributed by atoms with E-state index in [1.807, 2.05) is 0 Å². The molecular formula is C18H14Cl2N2O4. The molecule has 0 spiro atoms. The number of nitrogens with one attached hydrogen (secondary N) is 1. The van der Waals surface area contributed by atoms with E-state index in [1.54, 1.807) is 43.3 Å². The molecule has 0 atom stereocenters. The summed E-state index contributed by atoms with van der Waals surface area (Å²) in [6, 6.07) is 10.0. The molecule has 2 heterocycles. The number of hydrazone groups is 1. The van der Waals surface area contributed by atoms with Crippen LogP contribution < -0.4 is 10.2 Å². The standard InChI is InChI=1S/C18H14Cl2N2O4/c1-11-15(6-7-24-11)18(23)22-21-9-13-2-3-14(26-13)10-25-12-4-5-16(19)17(20)8-12/h2-9H,10H2,1H3,(H,22,23). The first kappa shape index (κ1) is 18.1. The number of hydrogen-bond donors (Lipinski definition) is 1. The minimum atomic E-state index is -0.359. The smallest absolute Gasteiger partial charge is 0.274 e. The number of carbonyl (C=O) groups is 1. The van der Waals surface area contributed by atoms with E-state index in [1.165, 1.54) is 12.5 Å². The van der Waals surface area contributed by atoms with Gasteiger partial charge in [-0.1, -0.05) is 23.2 Å². The Hall–Kier alpha value is -2.70. The minimum Gasteiger partial charge on any atom is -0.486 e. The van der Waals surface area contributed by atoms with Crippen molar-refractivity contribution in [2.75, 3.05) is 0 Å². The van der Waals surface area contributed by atoms with Crippen molar-refractivity contribution < 1.29 is 18.4 Å². The summed E-state index contributed by atoms with van der Waals surface area (Å²) in [5, 5.41) is 4.74. The molecule has 0 radical (unpaired) electrons. The maximum absolute atomic E-state index is 11.9. The van der Waals surface area contributed by atoms with Gasteiger partial charge in [-0.15, -0.1) is 0 Å². The van der Waals surface area contributed by atoms with E-state index in [0.717, 1.165) is 0 Å². The summed E-state index contributed by atoms with van der Waals surface area (Å²) in [6.45, 7) is 1.91. The van der Waals surface area contributed by atoms with Crippen molar-refractivity contribution in [3.05, 3.63) is 75.6 Å². The van der Waals surface area contributed by atoms with Crippen LogP contribution in [-0.2, 0) is 6.61 Å². The number of nitrogens with zero attached hydrogens (tertiary/aromatic N) is 1. The van der Waals surface area contributed by atoms with E-state index in [2.05, 4.69) is 10.5 Å². The molecule has 1 N–H and O–H groups in total. The first-order valence-corrected chi connectivity index (χ1v) is 8.32. The fourth-order valence-corrected chi connectivity index (χ4v) is 2.39. The summed E-state index contributed by atoms with van der Waals surface area (Å²) >= 11 is 11.8. The topological polar surface area (TPSA) is 77.0 Å². The van der Waals surface area contributed by atoms with Crippen LogP contribution in [0.3, 0.4) is 0 Å². The van der Waals surface area contributed by atoms with Crippen molar-refractivity contribution in [3.63, 3.8) is 0 Å². The Morgan fingerprint density at radius 3 is 2.81 bits per heavy atom. The molecule has 3 rings (SSSR count). The number of benzene rings is 1. The van der Waals surface area contributed by atoms with Crippen molar-refractivity contribution in [1.29, 1.82) is 0 Å². The van der Waals surface area contributed by atoms with Crippen LogP contribution in [-0.4, -0.2) is 12.1 Å². The Morgan fingerprint density at radius 1 is 1.23 bits per heavy atom. The maximum atomic E-state index is 11.9. The maximum Gasteiger partial charge on any atom is 0.274 e. The predicted octanol–water partition coefficient (Wildman–Crippen LogP) is 4.83. The predicted molar refractivity (Wildman–Crippen MR) is 98.0 cm³/mol. The number of rotatable bonds is 6. The lowest BCUT2D eigenvalue weighted by molar-refractivity contribution is 0.0953. The highest BCUT2D eigenvalue weighted by Gasteiger charge is 2.10. The normalized spacial score (nSPS) is 11.0. The Balaban J connectivity index is 1.53. The molecule has 0 unspecified atom stereocenters. The van der Waals surface area contributed by atoms with Crippen LogP contribution in [0.5, 0.6) is 5.75 Å². The van der Waals surface area contributed by atoms with Gasteiger partial charge in [-0.2, -0.15) is 5.10 Å². The Kier molecular flexibility index (Phi) is 5.65. The molecule has 1 amide bonds. The van der Waals surface area contributed by atoms with Gasteiger partial charge in [0.15, 0.2) is 0 Å². The first-order valence-electron chi connectivity index (χ1n) is 7.57. The van der Waals surface area contributed by atoms with Gasteiger partial charge in [0.1, 0.15) is 29.6 Å². The van der Waals surface area contributed by atoms with Gasteiger partial charge in [-0.3, -0.25) is 4.79 Å². The number of amides is 1. The highest BCUT2D eigenvalue weighted by molar-refractivity contribution is 6.42. The van der Waals surface area contributed by atoms with Crippen molar-refractivity contribution in [2.45, 2.75) is 13.5 Å². The van der Waals surface area contributed by atoms with Crippen LogP contribution in [0.15, 0.2) is 56.6 Å². The summed E-state index contributed by atoms with van der Waals surface area (Å²) in [5.74, 6) is 1.81. The number of carbonyl (C=O) groups excluding carboxylic acids is 1. The first-order chi connectivity index (χ1) is 12.5. The zero-order valence-electron chi connectivity index (χ0n) is 13.7. The summed E-state index contributed by atoms with van der Waals surface area (Å²) in [5.41, 5.74) is 2.83. The molecular weight excluding hydrogens is 379 g/mol. The van der Waals surface area contributed by atoms with E-state index in [4.69, 9.17) is 36.8 Å². The Labute approximate surface area is 159 Å². The van der Waals surface area contributed by atoms with Gasteiger partial charge >= 0.3 is 0 Å². The van der Waals surface area contributed by atoms with E-state index >= 15 is 0 Å². The largest absolute Gasteiger partial charge is 0.486 e. The molecule has 0 saturated heterocycles. The minimum absolute atomic E-state index is 0.215. The van der Waals surface area contributed by atoms with Gasteiger partial charge in [-0.25, -0.2) is 5.43 Å². The second-order valence-corrected chi connectivity index (χ2v) is 6.07. The number of hydrogen-bond acceptors (Lipinski definition) is 5. The van der Waals surface area contributed by atoms with Gasteiger partial charge < -0.3 is 13.6 Å². The molecule has 3 aromatic rings. The van der Waals surface area contributed by atoms with Crippen LogP contribution in [0.4, 0.5) is 0 Å². The van der Waals surface area contributed by atoms with Gasteiger partial charge in [0.25, 0.3) is 5.91 Å². The molecule has 0 aliphatic rings. The van der Waals surface area contributed by atoms with Gasteiger partial charge in [-0.05, 0) is 37.3 Å². The summed E-state index contributed by atoms with van der Waals surface area (Å²) in [7, 11) is 0. The highest BCUT2D eigenvalue weighted by Crippen LogP contribution is 2.26. The van der Waals surface area contributed by atoms with Crippen LogP contribution in [0.2, 0.25) is 10.0 Å². The molecule has 0 aliphatic carbocycles. The molecule has 2 aromatic heterocycles. The van der Waals surface area contributed by atoms with Crippen molar-refractivity contribution in [3.8, 4) is 5.75 Å². The SMILES string of the molecule is Cc1occc1C(=O)NN=Cc1ccc(COc2ccc(Cl)c(Cl)c2)o1. The number of aryl methyl sites for hydroxylation is 1. The van der Waals surface area contributed by atoms with E-state index in [0.29, 0.717) is 38.6 Å².